The van der Waals surface area contributed by atoms with Crippen molar-refractivity contribution in [1.82, 2.24) is 0 Å². The summed E-state index contributed by atoms with van der Waals surface area (Å²) in [6, 6.07) is 7.47. The van der Waals surface area contributed by atoms with E-state index < -0.39 is 5.60 Å². The number of hydrogen-bond donors (Lipinski definition) is 0. The molecule has 1 aliphatic heterocycles. The Balaban J connectivity index is 1.63. The third kappa shape index (κ3) is 6.43. The maximum Gasteiger partial charge on any atom is 0.307 e. The first-order chi connectivity index (χ1) is 14.3. The van der Waals surface area contributed by atoms with Crippen LogP contribution in [0.3, 0.4) is 0 Å². The minimum Gasteiger partial charge on any atom is -0.497 e. The van der Waals surface area contributed by atoms with Crippen molar-refractivity contribution in [2.45, 2.75) is 45.0 Å². The molecule has 2 aliphatic rings. The quantitative estimate of drug-likeness (QED) is 0.367. The molecule has 1 aromatic carbocycles. The predicted molar refractivity (Wildman–Crippen MR) is 112 cm³/mol. The van der Waals surface area contributed by atoms with Crippen molar-refractivity contribution in [2.24, 2.45) is 11.1 Å². The van der Waals surface area contributed by atoms with Gasteiger partial charge < -0.3 is 23.8 Å². The largest absolute Gasteiger partial charge is 0.497 e. The molecule has 3 rings (SSSR count). The van der Waals surface area contributed by atoms with Gasteiger partial charge >= 0.3 is 5.97 Å². The minimum absolute atomic E-state index is 0.0788. The number of carbonyl (C=O) groups is 1. The number of fused-ring (bicyclic) bond motifs is 1. The number of nitrogens with zero attached hydrogens (tertiary/aromatic N) is 1. The van der Waals surface area contributed by atoms with Crippen LogP contribution in [0.4, 0.5) is 0 Å². The Morgan fingerprint density at radius 2 is 1.97 bits per heavy atom. The highest BCUT2D eigenvalue weighted by Crippen LogP contribution is 2.28. The highest BCUT2D eigenvalue weighted by atomic mass is 16.7. The Morgan fingerprint density at radius 3 is 2.67 bits per heavy atom. The standard InChI is InChI=1S/C23H29NO6/c1-23(2,3)30-22(25)12-18(17-7-10-20-21(11-17)28-15-27-20)14-29-24-13-16-5-8-19(26-4)9-6-16/h5-11,13,18,20-21H,12,14-15H2,1-4H3/t18-,20?,21?/m1/s1. The zero-order valence-corrected chi connectivity index (χ0v) is 17.9. The Bertz CT molecular complexity index is 806. The lowest BCUT2D eigenvalue weighted by molar-refractivity contribution is -0.156. The lowest BCUT2D eigenvalue weighted by Crippen LogP contribution is -2.28. The summed E-state index contributed by atoms with van der Waals surface area (Å²) in [5.74, 6) is 0.280. The number of rotatable bonds is 8. The van der Waals surface area contributed by atoms with E-state index in [0.717, 1.165) is 16.9 Å². The summed E-state index contributed by atoms with van der Waals surface area (Å²) in [6.07, 6.45) is 7.49. The molecule has 30 heavy (non-hydrogen) atoms. The molecule has 1 aromatic rings. The monoisotopic (exact) mass is 415 g/mol. The molecule has 7 heteroatoms. The molecule has 0 bridgehead atoms. The number of benzene rings is 1. The fourth-order valence-corrected chi connectivity index (χ4v) is 3.20. The van der Waals surface area contributed by atoms with Crippen LogP contribution in [0.25, 0.3) is 0 Å². The molecule has 0 saturated carbocycles. The number of carbonyl (C=O) groups excluding carboxylic acids is 1. The van der Waals surface area contributed by atoms with Gasteiger partial charge in [0.15, 0.2) is 0 Å². The SMILES string of the molecule is COc1ccc(C=NOC[C@@H](CC(=O)OC(C)(C)C)C2=CC3OCOC3C=C2)cc1. The molecule has 1 saturated heterocycles. The molecular weight excluding hydrogens is 386 g/mol. The summed E-state index contributed by atoms with van der Waals surface area (Å²) in [4.78, 5) is 18.0. The molecular formula is C23H29NO6. The van der Waals surface area contributed by atoms with E-state index in [4.69, 9.17) is 23.8 Å². The van der Waals surface area contributed by atoms with Crippen LogP contribution in [0, 0.1) is 5.92 Å². The van der Waals surface area contributed by atoms with Crippen molar-refractivity contribution in [3.63, 3.8) is 0 Å². The number of allylic oxidation sites excluding steroid dienone is 1. The molecule has 1 aliphatic carbocycles. The summed E-state index contributed by atoms with van der Waals surface area (Å²) >= 11 is 0. The second-order valence-electron chi connectivity index (χ2n) is 8.20. The van der Waals surface area contributed by atoms with Crippen LogP contribution in [-0.2, 0) is 23.8 Å². The van der Waals surface area contributed by atoms with Crippen LogP contribution < -0.4 is 4.74 Å². The highest BCUT2D eigenvalue weighted by Gasteiger charge is 2.31. The molecule has 1 fully saturated rings. The van der Waals surface area contributed by atoms with Crippen molar-refractivity contribution in [1.29, 1.82) is 0 Å². The molecule has 2 unspecified atom stereocenters. The van der Waals surface area contributed by atoms with E-state index >= 15 is 0 Å². The maximum absolute atomic E-state index is 12.4. The normalized spacial score (nSPS) is 21.8. The first-order valence-electron chi connectivity index (χ1n) is 9.98. The summed E-state index contributed by atoms with van der Waals surface area (Å²) < 4.78 is 21.7. The summed E-state index contributed by atoms with van der Waals surface area (Å²) in [5.41, 5.74) is 1.29. The van der Waals surface area contributed by atoms with Crippen LogP contribution in [0.2, 0.25) is 0 Å². The average molecular weight is 415 g/mol. The Morgan fingerprint density at radius 1 is 1.23 bits per heavy atom. The predicted octanol–water partition coefficient (Wildman–Crippen LogP) is 3.63. The van der Waals surface area contributed by atoms with Gasteiger partial charge in [0, 0.05) is 5.92 Å². The van der Waals surface area contributed by atoms with Crippen LogP contribution in [0.5, 0.6) is 5.75 Å². The highest BCUT2D eigenvalue weighted by molar-refractivity contribution is 5.79. The topological polar surface area (TPSA) is 75.6 Å². The molecule has 0 spiro atoms. The number of hydrogen-bond acceptors (Lipinski definition) is 7. The molecule has 0 N–H and O–H groups in total. The van der Waals surface area contributed by atoms with Gasteiger partial charge in [0.1, 0.15) is 37.0 Å². The van der Waals surface area contributed by atoms with Gasteiger partial charge in [-0.1, -0.05) is 17.3 Å². The molecule has 162 valence electrons. The number of oxime groups is 1. The van der Waals surface area contributed by atoms with E-state index in [1.54, 1.807) is 13.3 Å². The average Bonchev–Trinajstić information content (AvgIpc) is 3.17. The second-order valence-corrected chi connectivity index (χ2v) is 8.20. The minimum atomic E-state index is -0.542. The van der Waals surface area contributed by atoms with E-state index in [2.05, 4.69) is 5.16 Å². The van der Waals surface area contributed by atoms with Crippen molar-refractivity contribution in [3.05, 3.63) is 53.6 Å². The second kappa shape index (κ2) is 9.91. The van der Waals surface area contributed by atoms with Gasteiger partial charge in [0.25, 0.3) is 0 Å². The number of ether oxygens (including phenoxy) is 4. The first-order valence-corrected chi connectivity index (χ1v) is 9.98. The third-order valence-corrected chi connectivity index (χ3v) is 4.65. The van der Waals surface area contributed by atoms with Gasteiger partial charge in [-0.3, -0.25) is 4.79 Å². The zero-order valence-electron chi connectivity index (χ0n) is 17.9. The summed E-state index contributed by atoms with van der Waals surface area (Å²) in [6.45, 7) is 6.06. The van der Waals surface area contributed by atoms with Crippen LogP contribution in [0.1, 0.15) is 32.8 Å². The van der Waals surface area contributed by atoms with Gasteiger partial charge in [0.2, 0.25) is 0 Å². The first kappa shape index (κ1) is 22.1. The van der Waals surface area contributed by atoms with E-state index in [9.17, 15) is 4.79 Å². The van der Waals surface area contributed by atoms with Crippen molar-refractivity contribution in [3.8, 4) is 5.75 Å². The molecule has 3 atom stereocenters. The maximum atomic E-state index is 12.4. The van der Waals surface area contributed by atoms with Gasteiger partial charge in [0.05, 0.1) is 19.7 Å². The lowest BCUT2D eigenvalue weighted by Gasteiger charge is -2.24. The Labute approximate surface area is 177 Å². The van der Waals surface area contributed by atoms with Crippen molar-refractivity contribution in [2.75, 3.05) is 20.5 Å². The van der Waals surface area contributed by atoms with E-state index in [-0.39, 0.29) is 43.9 Å². The van der Waals surface area contributed by atoms with Gasteiger partial charge in [-0.25, -0.2) is 0 Å². The smallest absolute Gasteiger partial charge is 0.307 e. The van der Waals surface area contributed by atoms with E-state index in [0.29, 0.717) is 0 Å². The number of esters is 1. The lowest BCUT2D eigenvalue weighted by atomic mass is 9.90. The third-order valence-electron chi connectivity index (χ3n) is 4.65. The van der Waals surface area contributed by atoms with Crippen molar-refractivity contribution >= 4 is 12.2 Å². The fourth-order valence-electron chi connectivity index (χ4n) is 3.20. The molecule has 0 amide bonds. The van der Waals surface area contributed by atoms with Gasteiger partial charge in [-0.15, -0.1) is 0 Å². The van der Waals surface area contributed by atoms with Crippen LogP contribution in [-0.4, -0.2) is 50.5 Å². The fraction of sp³-hybridized carbons (Fsp3) is 0.478. The van der Waals surface area contributed by atoms with E-state index in [1.165, 1.54) is 0 Å². The Hall–Kier alpha value is -2.64. The molecule has 0 radical (unpaired) electrons. The van der Waals surface area contributed by atoms with Gasteiger partial charge in [-0.2, -0.15) is 0 Å². The molecule has 7 nitrogen and oxygen atoms in total. The molecule has 0 aromatic heterocycles. The zero-order chi connectivity index (χ0) is 21.6. The summed E-state index contributed by atoms with van der Waals surface area (Å²) in [5, 5.41) is 4.05. The van der Waals surface area contributed by atoms with Crippen molar-refractivity contribution < 1.29 is 28.6 Å². The molecule has 1 heterocycles. The number of methoxy groups -OCH3 is 1. The Kier molecular flexibility index (Phi) is 7.29. The summed E-state index contributed by atoms with van der Waals surface area (Å²) in [7, 11) is 1.62. The van der Waals surface area contributed by atoms with Crippen LogP contribution in [0.15, 0.2) is 53.2 Å². The van der Waals surface area contributed by atoms with E-state index in [1.807, 2.05) is 63.3 Å². The van der Waals surface area contributed by atoms with Crippen LogP contribution >= 0.6 is 0 Å². The van der Waals surface area contributed by atoms with Gasteiger partial charge in [-0.05, 0) is 62.2 Å².